The number of nitrogens with one attached hydrogen (secondary N) is 1. The Labute approximate surface area is 180 Å². The van der Waals surface area contributed by atoms with Crippen LogP contribution < -0.4 is 10.2 Å². The lowest BCUT2D eigenvalue weighted by molar-refractivity contribution is -0.123. The number of thioether (sulfide) groups is 1. The second kappa shape index (κ2) is 8.04. The first-order valence-corrected chi connectivity index (χ1v) is 10.4. The molecule has 0 aromatic heterocycles. The van der Waals surface area contributed by atoms with Crippen molar-refractivity contribution >= 4 is 52.5 Å². The highest BCUT2D eigenvalue weighted by Gasteiger charge is 2.55. The van der Waals surface area contributed by atoms with Gasteiger partial charge in [-0.15, -0.1) is 11.8 Å². The van der Waals surface area contributed by atoms with Gasteiger partial charge in [-0.05, 0) is 42.7 Å². The molecule has 2 heterocycles. The van der Waals surface area contributed by atoms with Crippen molar-refractivity contribution in [3.05, 3.63) is 53.3 Å². The minimum atomic E-state index is -1.06. The summed E-state index contributed by atoms with van der Waals surface area (Å²) < 4.78 is 13.4. The Morgan fingerprint density at radius 1 is 1.23 bits per heavy atom. The maximum Gasteiger partial charge on any atom is 0.263 e. The van der Waals surface area contributed by atoms with Crippen LogP contribution in [0.5, 0.6) is 0 Å². The summed E-state index contributed by atoms with van der Waals surface area (Å²) in [5.74, 6) is -2.28. The average Bonchev–Trinajstić information content (AvgIpc) is 3.24. The highest BCUT2D eigenvalue weighted by atomic mass is 35.5. The van der Waals surface area contributed by atoms with Crippen LogP contribution in [0.2, 0.25) is 5.02 Å². The highest BCUT2D eigenvalue weighted by molar-refractivity contribution is 7.98. The Hall–Kier alpha value is -2.98. The number of rotatable bonds is 5. The molecule has 0 saturated carbocycles. The quantitative estimate of drug-likeness (QED) is 0.561. The summed E-state index contributed by atoms with van der Waals surface area (Å²) >= 11 is 7.31. The number of halogens is 2. The molecule has 154 valence electrons. The summed E-state index contributed by atoms with van der Waals surface area (Å²) in [5, 5.41) is 11.4. The molecule has 30 heavy (non-hydrogen) atoms. The number of amides is 3. The molecule has 1 N–H and O–H groups in total. The number of benzene rings is 2. The molecule has 2 aliphatic heterocycles. The van der Waals surface area contributed by atoms with E-state index in [9.17, 15) is 18.8 Å². The lowest BCUT2D eigenvalue weighted by Gasteiger charge is -2.20. The van der Waals surface area contributed by atoms with Crippen LogP contribution in [0.1, 0.15) is 0 Å². The standard InChI is InChI=1S/C19H15ClFN5O3S/c1-30-12-4-2-3-10(7-12)22-15(27)9-25-17-16(23-24-25)18(28)26(19(17)29)11-5-6-14(21)13(20)8-11/h2-8,16-17H,9H2,1H3,(H,22,27). The zero-order valence-electron chi connectivity index (χ0n) is 15.6. The van der Waals surface area contributed by atoms with Crippen LogP contribution >= 0.6 is 23.4 Å². The first-order valence-electron chi connectivity index (χ1n) is 8.83. The first kappa shape index (κ1) is 20.3. The molecule has 0 spiro atoms. The van der Waals surface area contributed by atoms with Crippen molar-refractivity contribution in [2.45, 2.75) is 17.0 Å². The Morgan fingerprint density at radius 3 is 2.77 bits per heavy atom. The highest BCUT2D eigenvalue weighted by Crippen LogP contribution is 2.33. The molecule has 11 heteroatoms. The summed E-state index contributed by atoms with van der Waals surface area (Å²) in [5.41, 5.74) is 0.746. The molecular weight excluding hydrogens is 433 g/mol. The molecule has 2 aromatic carbocycles. The Bertz CT molecular complexity index is 1080. The van der Waals surface area contributed by atoms with Crippen LogP contribution in [-0.2, 0) is 14.4 Å². The fourth-order valence-electron chi connectivity index (χ4n) is 3.28. The Morgan fingerprint density at radius 2 is 2.03 bits per heavy atom. The molecule has 1 fully saturated rings. The SMILES string of the molecule is CSc1cccc(NC(=O)CN2N=NC3C(=O)N(c4ccc(F)c(Cl)c4)C(=O)C32)c1. The van der Waals surface area contributed by atoms with Gasteiger partial charge in [-0.2, -0.15) is 5.11 Å². The number of anilines is 2. The lowest BCUT2D eigenvalue weighted by Crippen LogP contribution is -2.43. The second-order valence-corrected chi connectivity index (χ2v) is 7.87. The normalized spacial score (nSPS) is 20.1. The van der Waals surface area contributed by atoms with Gasteiger partial charge in [0.15, 0.2) is 12.1 Å². The predicted octanol–water partition coefficient (Wildman–Crippen LogP) is 3.13. The van der Waals surface area contributed by atoms with Crippen LogP contribution in [0.4, 0.5) is 15.8 Å². The molecule has 0 bridgehead atoms. The van der Waals surface area contributed by atoms with Gasteiger partial charge in [-0.1, -0.05) is 22.9 Å². The van der Waals surface area contributed by atoms with Crippen LogP contribution in [0.3, 0.4) is 0 Å². The van der Waals surface area contributed by atoms with E-state index in [0.717, 1.165) is 15.9 Å². The van der Waals surface area contributed by atoms with Crippen molar-refractivity contribution in [2.24, 2.45) is 10.3 Å². The van der Waals surface area contributed by atoms with Crippen molar-refractivity contribution < 1.29 is 18.8 Å². The van der Waals surface area contributed by atoms with E-state index in [1.807, 2.05) is 24.5 Å². The van der Waals surface area contributed by atoms with Gasteiger partial charge in [0.05, 0.1) is 10.7 Å². The first-order chi connectivity index (χ1) is 14.4. The van der Waals surface area contributed by atoms with Crippen molar-refractivity contribution in [2.75, 3.05) is 23.0 Å². The third kappa shape index (κ3) is 3.63. The number of carbonyl (C=O) groups is 3. The Balaban J connectivity index is 1.49. The number of carbonyl (C=O) groups excluding carboxylic acids is 3. The molecule has 8 nitrogen and oxygen atoms in total. The number of fused-ring (bicyclic) bond motifs is 1. The van der Waals surface area contributed by atoms with E-state index in [1.165, 1.54) is 17.1 Å². The molecule has 4 rings (SSSR count). The van der Waals surface area contributed by atoms with E-state index in [1.54, 1.807) is 17.8 Å². The summed E-state index contributed by atoms with van der Waals surface area (Å²) in [6, 6.07) is 8.75. The molecular formula is C19H15ClFN5O3S. The second-order valence-electron chi connectivity index (χ2n) is 6.58. The van der Waals surface area contributed by atoms with Crippen LogP contribution in [-0.4, -0.2) is 47.6 Å². The van der Waals surface area contributed by atoms with E-state index in [4.69, 9.17) is 11.6 Å². The molecule has 2 aromatic rings. The van der Waals surface area contributed by atoms with Gasteiger partial charge in [0.1, 0.15) is 12.4 Å². The van der Waals surface area contributed by atoms with Gasteiger partial charge in [-0.3, -0.25) is 19.4 Å². The molecule has 3 amide bonds. The van der Waals surface area contributed by atoms with Crippen LogP contribution in [0, 0.1) is 5.82 Å². The topological polar surface area (TPSA) is 94.4 Å². The summed E-state index contributed by atoms with van der Waals surface area (Å²) in [4.78, 5) is 39.9. The number of hydrogen-bond donors (Lipinski definition) is 1. The van der Waals surface area contributed by atoms with Gasteiger partial charge in [0.25, 0.3) is 11.8 Å². The van der Waals surface area contributed by atoms with Crippen LogP contribution in [0.15, 0.2) is 57.7 Å². The van der Waals surface area contributed by atoms with Crippen molar-refractivity contribution in [3.8, 4) is 0 Å². The number of hydrogen-bond acceptors (Lipinski definition) is 7. The maximum atomic E-state index is 13.4. The monoisotopic (exact) mass is 447 g/mol. The summed E-state index contributed by atoms with van der Waals surface area (Å²) in [6.07, 6.45) is 1.93. The zero-order valence-corrected chi connectivity index (χ0v) is 17.2. The lowest BCUT2D eigenvalue weighted by atomic mass is 10.1. The molecule has 2 aliphatic rings. The third-order valence-electron chi connectivity index (χ3n) is 4.68. The maximum absolute atomic E-state index is 13.4. The molecule has 0 aliphatic carbocycles. The summed E-state index contributed by atoms with van der Waals surface area (Å²) in [6.45, 7) is -0.259. The molecule has 2 unspecified atom stereocenters. The fraction of sp³-hybridized carbons (Fsp3) is 0.211. The number of imide groups is 1. The van der Waals surface area contributed by atoms with Gasteiger partial charge >= 0.3 is 0 Å². The minimum Gasteiger partial charge on any atom is -0.324 e. The van der Waals surface area contributed by atoms with Gasteiger partial charge in [0.2, 0.25) is 5.91 Å². The zero-order chi connectivity index (χ0) is 21.4. The molecule has 1 saturated heterocycles. The Kier molecular flexibility index (Phi) is 5.44. The van der Waals surface area contributed by atoms with Crippen LogP contribution in [0.25, 0.3) is 0 Å². The van der Waals surface area contributed by atoms with E-state index < -0.39 is 35.6 Å². The van der Waals surface area contributed by atoms with Gasteiger partial charge in [-0.25, -0.2) is 9.29 Å². The fourth-order valence-corrected chi connectivity index (χ4v) is 3.92. The molecule has 0 radical (unpaired) electrons. The average molecular weight is 448 g/mol. The molecule has 2 atom stereocenters. The van der Waals surface area contributed by atoms with Gasteiger partial charge in [0, 0.05) is 10.6 Å². The van der Waals surface area contributed by atoms with Gasteiger partial charge < -0.3 is 5.32 Å². The smallest absolute Gasteiger partial charge is 0.263 e. The largest absolute Gasteiger partial charge is 0.324 e. The number of nitrogens with zero attached hydrogens (tertiary/aromatic N) is 4. The third-order valence-corrected chi connectivity index (χ3v) is 5.69. The van der Waals surface area contributed by atoms with Crippen molar-refractivity contribution in [1.29, 1.82) is 0 Å². The van der Waals surface area contributed by atoms with E-state index in [0.29, 0.717) is 5.69 Å². The summed E-state index contributed by atoms with van der Waals surface area (Å²) in [7, 11) is 0. The van der Waals surface area contributed by atoms with E-state index >= 15 is 0 Å². The van der Waals surface area contributed by atoms with E-state index in [2.05, 4.69) is 15.7 Å². The van der Waals surface area contributed by atoms with Crippen molar-refractivity contribution in [1.82, 2.24) is 5.01 Å². The minimum absolute atomic E-state index is 0.138. The predicted molar refractivity (Wildman–Crippen MR) is 110 cm³/mol. The van der Waals surface area contributed by atoms with E-state index in [-0.39, 0.29) is 17.3 Å². The van der Waals surface area contributed by atoms with Crippen molar-refractivity contribution in [3.63, 3.8) is 0 Å².